The van der Waals surface area contributed by atoms with Gasteiger partial charge in [0.15, 0.2) is 11.6 Å². The van der Waals surface area contributed by atoms with Crippen LogP contribution < -0.4 is 11.1 Å². The Morgan fingerprint density at radius 3 is 2.64 bits per heavy atom. The molecule has 6 nitrogen and oxygen atoms in total. The van der Waals surface area contributed by atoms with Gasteiger partial charge in [-0.15, -0.1) is 10.2 Å². The summed E-state index contributed by atoms with van der Waals surface area (Å²) in [7, 11) is 1.85. The van der Waals surface area contributed by atoms with Crippen LogP contribution in [0, 0.1) is 0 Å². The van der Waals surface area contributed by atoms with Gasteiger partial charge in [0.25, 0.3) is 0 Å². The SMILES string of the molecule is Cn1ccc(Nc2ccc(N)nn2)n1. The number of nitrogens with two attached hydrogens (primary N) is 1. The highest BCUT2D eigenvalue weighted by Crippen LogP contribution is 2.10. The molecule has 0 amide bonds. The molecule has 0 bridgehead atoms. The average molecular weight is 190 g/mol. The van der Waals surface area contributed by atoms with Gasteiger partial charge in [-0.25, -0.2) is 0 Å². The number of hydrogen-bond acceptors (Lipinski definition) is 5. The zero-order valence-electron chi connectivity index (χ0n) is 7.68. The Morgan fingerprint density at radius 1 is 1.21 bits per heavy atom. The Labute approximate surface area is 80.8 Å². The molecule has 72 valence electrons. The van der Waals surface area contributed by atoms with Crippen LogP contribution in [0.2, 0.25) is 0 Å². The lowest BCUT2D eigenvalue weighted by Crippen LogP contribution is -1.99. The summed E-state index contributed by atoms with van der Waals surface area (Å²) < 4.78 is 1.70. The van der Waals surface area contributed by atoms with E-state index in [0.29, 0.717) is 11.6 Å². The van der Waals surface area contributed by atoms with Gasteiger partial charge in [0, 0.05) is 19.3 Å². The molecular formula is C8H10N6. The van der Waals surface area contributed by atoms with Crippen LogP contribution in [0.1, 0.15) is 0 Å². The third-order valence-electron chi connectivity index (χ3n) is 1.65. The number of anilines is 3. The average Bonchev–Trinajstić information content (AvgIpc) is 2.56. The van der Waals surface area contributed by atoms with E-state index in [1.807, 2.05) is 19.3 Å². The molecule has 2 heterocycles. The summed E-state index contributed by atoms with van der Waals surface area (Å²) in [6.45, 7) is 0. The van der Waals surface area contributed by atoms with Crippen molar-refractivity contribution in [3.05, 3.63) is 24.4 Å². The molecule has 2 rings (SSSR count). The third kappa shape index (κ3) is 1.79. The number of hydrogen-bond donors (Lipinski definition) is 2. The van der Waals surface area contributed by atoms with Crippen molar-refractivity contribution in [3.63, 3.8) is 0 Å². The summed E-state index contributed by atoms with van der Waals surface area (Å²) in [6.07, 6.45) is 1.84. The van der Waals surface area contributed by atoms with E-state index in [9.17, 15) is 0 Å². The van der Waals surface area contributed by atoms with Crippen LogP contribution in [0.3, 0.4) is 0 Å². The summed E-state index contributed by atoms with van der Waals surface area (Å²) in [5.74, 6) is 1.75. The molecule has 0 atom stereocenters. The molecule has 2 aromatic heterocycles. The van der Waals surface area contributed by atoms with Crippen molar-refractivity contribution in [2.45, 2.75) is 0 Å². The molecule has 14 heavy (non-hydrogen) atoms. The van der Waals surface area contributed by atoms with Crippen LogP contribution in [0.25, 0.3) is 0 Å². The van der Waals surface area contributed by atoms with E-state index >= 15 is 0 Å². The molecule has 3 N–H and O–H groups in total. The van der Waals surface area contributed by atoms with Crippen LogP contribution in [-0.4, -0.2) is 20.0 Å². The molecule has 0 saturated carbocycles. The summed E-state index contributed by atoms with van der Waals surface area (Å²) in [5.41, 5.74) is 5.40. The van der Waals surface area contributed by atoms with Gasteiger partial charge in [-0.3, -0.25) is 4.68 Å². The largest absolute Gasteiger partial charge is 0.382 e. The Bertz CT molecular complexity index is 418. The lowest BCUT2D eigenvalue weighted by molar-refractivity contribution is 0.771. The predicted octanol–water partition coefficient (Wildman–Crippen LogP) is 0.536. The Kier molecular flexibility index (Phi) is 2.02. The maximum atomic E-state index is 5.40. The van der Waals surface area contributed by atoms with Crippen LogP contribution >= 0.6 is 0 Å². The minimum Gasteiger partial charge on any atom is -0.382 e. The molecular weight excluding hydrogens is 180 g/mol. The standard InChI is InChI=1S/C8H10N6/c1-14-5-4-8(13-14)10-7-3-2-6(9)11-12-7/h2-5H,1H3,(H2,9,11)(H,10,12,13). The Hall–Kier alpha value is -2.11. The number of rotatable bonds is 2. The van der Waals surface area contributed by atoms with E-state index in [0.717, 1.165) is 5.82 Å². The zero-order valence-corrected chi connectivity index (χ0v) is 7.68. The molecule has 6 heteroatoms. The number of aromatic nitrogens is 4. The fourth-order valence-corrected chi connectivity index (χ4v) is 1.02. The molecule has 0 aromatic carbocycles. The van der Waals surface area contributed by atoms with Gasteiger partial charge in [0.2, 0.25) is 0 Å². The maximum Gasteiger partial charge on any atom is 0.154 e. The van der Waals surface area contributed by atoms with E-state index in [1.165, 1.54) is 0 Å². The molecule has 0 aliphatic heterocycles. The van der Waals surface area contributed by atoms with Gasteiger partial charge in [-0.1, -0.05) is 0 Å². The fraction of sp³-hybridized carbons (Fsp3) is 0.125. The first kappa shape index (κ1) is 8.49. The monoisotopic (exact) mass is 190 g/mol. The van der Waals surface area contributed by atoms with Crippen LogP contribution in [0.4, 0.5) is 17.5 Å². The number of aryl methyl sites for hydroxylation is 1. The zero-order chi connectivity index (χ0) is 9.97. The summed E-state index contributed by atoms with van der Waals surface area (Å²) in [5, 5.41) is 14.7. The van der Waals surface area contributed by atoms with Gasteiger partial charge in [-0.2, -0.15) is 5.10 Å². The quantitative estimate of drug-likeness (QED) is 0.722. The van der Waals surface area contributed by atoms with Crippen molar-refractivity contribution in [2.75, 3.05) is 11.1 Å². The topological polar surface area (TPSA) is 81.7 Å². The summed E-state index contributed by atoms with van der Waals surface area (Å²) >= 11 is 0. The third-order valence-corrected chi connectivity index (χ3v) is 1.65. The molecule has 0 fully saturated rings. The molecule has 0 spiro atoms. The van der Waals surface area contributed by atoms with Crippen molar-refractivity contribution >= 4 is 17.5 Å². The lowest BCUT2D eigenvalue weighted by Gasteiger charge is -1.99. The molecule has 2 aromatic rings. The van der Waals surface area contributed by atoms with Crippen molar-refractivity contribution < 1.29 is 0 Å². The number of nitrogen functional groups attached to an aromatic ring is 1. The van der Waals surface area contributed by atoms with E-state index in [2.05, 4.69) is 20.6 Å². The van der Waals surface area contributed by atoms with E-state index < -0.39 is 0 Å². The van der Waals surface area contributed by atoms with Crippen molar-refractivity contribution in [2.24, 2.45) is 7.05 Å². The van der Waals surface area contributed by atoms with Crippen molar-refractivity contribution in [1.29, 1.82) is 0 Å². The number of nitrogens with one attached hydrogen (secondary N) is 1. The summed E-state index contributed by atoms with van der Waals surface area (Å²) in [6, 6.07) is 5.27. The fourth-order valence-electron chi connectivity index (χ4n) is 1.02. The van der Waals surface area contributed by atoms with Crippen LogP contribution in [0.15, 0.2) is 24.4 Å². The predicted molar refractivity (Wildman–Crippen MR) is 52.9 cm³/mol. The minimum atomic E-state index is 0.400. The summed E-state index contributed by atoms with van der Waals surface area (Å²) in [4.78, 5) is 0. The molecule has 0 aliphatic carbocycles. The van der Waals surface area contributed by atoms with Crippen LogP contribution in [-0.2, 0) is 7.05 Å². The van der Waals surface area contributed by atoms with Crippen LogP contribution in [0.5, 0.6) is 0 Å². The molecule has 0 aliphatic rings. The Morgan fingerprint density at radius 2 is 2.07 bits per heavy atom. The normalized spacial score (nSPS) is 10.1. The number of nitrogens with zero attached hydrogens (tertiary/aromatic N) is 4. The van der Waals surface area contributed by atoms with Gasteiger partial charge in [0.05, 0.1) is 0 Å². The Balaban J connectivity index is 2.15. The first-order chi connectivity index (χ1) is 6.74. The van der Waals surface area contributed by atoms with E-state index in [4.69, 9.17) is 5.73 Å². The van der Waals surface area contributed by atoms with Gasteiger partial charge >= 0.3 is 0 Å². The first-order valence-electron chi connectivity index (χ1n) is 4.10. The highest BCUT2D eigenvalue weighted by Gasteiger charge is 1.98. The van der Waals surface area contributed by atoms with Gasteiger partial charge in [0.1, 0.15) is 5.82 Å². The van der Waals surface area contributed by atoms with Gasteiger partial charge < -0.3 is 11.1 Å². The van der Waals surface area contributed by atoms with Gasteiger partial charge in [-0.05, 0) is 12.1 Å². The molecule has 0 radical (unpaired) electrons. The second kappa shape index (κ2) is 3.33. The van der Waals surface area contributed by atoms with Crippen molar-refractivity contribution in [3.8, 4) is 0 Å². The highest BCUT2D eigenvalue weighted by atomic mass is 15.3. The minimum absolute atomic E-state index is 0.400. The van der Waals surface area contributed by atoms with E-state index in [1.54, 1.807) is 16.8 Å². The van der Waals surface area contributed by atoms with E-state index in [-0.39, 0.29) is 0 Å². The maximum absolute atomic E-state index is 5.40. The second-order valence-corrected chi connectivity index (χ2v) is 2.84. The first-order valence-corrected chi connectivity index (χ1v) is 4.10. The molecule has 0 saturated heterocycles. The smallest absolute Gasteiger partial charge is 0.154 e. The second-order valence-electron chi connectivity index (χ2n) is 2.84. The lowest BCUT2D eigenvalue weighted by atomic mass is 10.5. The highest BCUT2D eigenvalue weighted by molar-refractivity contribution is 5.51. The van der Waals surface area contributed by atoms with Crippen molar-refractivity contribution in [1.82, 2.24) is 20.0 Å². The molecule has 0 unspecified atom stereocenters.